The Morgan fingerprint density at radius 3 is 2.26 bits per heavy atom. The minimum Gasteiger partial charge on any atom is -0.319 e. The lowest BCUT2D eigenvalue weighted by molar-refractivity contribution is -0.137. The fraction of sp³-hybridized carbons (Fsp3) is 0.214. The number of aromatic nitrogens is 1. The van der Waals surface area contributed by atoms with Crippen LogP contribution in [0.15, 0.2) is 42.6 Å². The molecule has 0 saturated carbocycles. The van der Waals surface area contributed by atoms with Crippen LogP contribution in [-0.4, -0.2) is 4.98 Å². The summed E-state index contributed by atoms with van der Waals surface area (Å²) >= 11 is 0. The predicted molar refractivity (Wildman–Crippen MR) is 66.4 cm³/mol. The van der Waals surface area contributed by atoms with Crippen molar-refractivity contribution in [3.05, 3.63) is 65.0 Å². The van der Waals surface area contributed by atoms with E-state index in [0.717, 1.165) is 17.7 Å². The molecule has 1 atom stereocenters. The van der Waals surface area contributed by atoms with Gasteiger partial charge in [-0.05, 0) is 36.2 Å². The minimum absolute atomic E-state index is 0.525. The van der Waals surface area contributed by atoms with Crippen LogP contribution in [-0.2, 0) is 6.18 Å². The molecule has 0 aliphatic carbocycles. The number of nitrogens with zero attached hydrogens (tertiary/aromatic N) is 1. The Morgan fingerprint density at radius 2 is 1.74 bits per heavy atom. The van der Waals surface area contributed by atoms with E-state index in [1.807, 2.05) is 13.0 Å². The molecule has 0 bridgehead atoms. The Bertz CT molecular complexity index is 562. The van der Waals surface area contributed by atoms with Gasteiger partial charge >= 0.3 is 6.18 Å². The van der Waals surface area contributed by atoms with Gasteiger partial charge in [-0.1, -0.05) is 18.2 Å². The van der Waals surface area contributed by atoms with Gasteiger partial charge in [0.15, 0.2) is 0 Å². The third-order valence-electron chi connectivity index (χ3n) is 2.94. The van der Waals surface area contributed by atoms with Gasteiger partial charge in [-0.2, -0.15) is 13.2 Å². The molecule has 0 unspecified atom stereocenters. The van der Waals surface area contributed by atoms with Crippen molar-refractivity contribution >= 4 is 0 Å². The van der Waals surface area contributed by atoms with Crippen molar-refractivity contribution in [2.45, 2.75) is 19.1 Å². The Kier molecular flexibility index (Phi) is 3.57. The number of hydrogen-bond acceptors (Lipinski definition) is 2. The van der Waals surface area contributed by atoms with Gasteiger partial charge < -0.3 is 5.73 Å². The maximum Gasteiger partial charge on any atom is 0.416 e. The van der Waals surface area contributed by atoms with Crippen molar-refractivity contribution < 1.29 is 13.2 Å². The first-order valence-corrected chi connectivity index (χ1v) is 5.74. The molecule has 0 amide bonds. The Labute approximate surface area is 109 Å². The quantitative estimate of drug-likeness (QED) is 0.904. The average Bonchev–Trinajstić information content (AvgIpc) is 2.38. The average molecular weight is 266 g/mol. The van der Waals surface area contributed by atoms with Crippen LogP contribution in [0.1, 0.15) is 28.4 Å². The fourth-order valence-corrected chi connectivity index (χ4v) is 1.86. The molecule has 2 rings (SSSR count). The molecule has 1 heterocycles. The second-order valence-electron chi connectivity index (χ2n) is 4.30. The third-order valence-corrected chi connectivity index (χ3v) is 2.94. The third kappa shape index (κ3) is 2.93. The molecule has 19 heavy (non-hydrogen) atoms. The highest BCUT2D eigenvalue weighted by atomic mass is 19.4. The van der Waals surface area contributed by atoms with Crippen molar-refractivity contribution in [1.82, 2.24) is 4.98 Å². The van der Waals surface area contributed by atoms with E-state index in [4.69, 9.17) is 5.73 Å². The number of halogens is 3. The molecule has 0 saturated heterocycles. The second-order valence-corrected chi connectivity index (χ2v) is 4.30. The zero-order chi connectivity index (χ0) is 14.0. The normalized spacial score (nSPS) is 13.3. The van der Waals surface area contributed by atoms with E-state index in [2.05, 4.69) is 4.98 Å². The van der Waals surface area contributed by atoms with Gasteiger partial charge in [0.05, 0.1) is 17.3 Å². The van der Waals surface area contributed by atoms with E-state index < -0.39 is 17.8 Å². The summed E-state index contributed by atoms with van der Waals surface area (Å²) in [5.74, 6) is 0. The van der Waals surface area contributed by atoms with Gasteiger partial charge in [-0.25, -0.2) is 0 Å². The van der Waals surface area contributed by atoms with Crippen LogP contribution in [0.4, 0.5) is 13.2 Å². The smallest absolute Gasteiger partial charge is 0.319 e. The summed E-state index contributed by atoms with van der Waals surface area (Å²) in [5, 5.41) is 0. The molecule has 0 aliphatic heterocycles. The first-order chi connectivity index (χ1) is 8.89. The second kappa shape index (κ2) is 5.01. The van der Waals surface area contributed by atoms with Gasteiger partial charge in [0.25, 0.3) is 0 Å². The highest BCUT2D eigenvalue weighted by molar-refractivity contribution is 5.34. The van der Waals surface area contributed by atoms with Crippen molar-refractivity contribution in [2.75, 3.05) is 0 Å². The van der Waals surface area contributed by atoms with E-state index in [0.29, 0.717) is 11.3 Å². The molecule has 0 spiro atoms. The summed E-state index contributed by atoms with van der Waals surface area (Å²) in [6.07, 6.45) is -2.71. The monoisotopic (exact) mass is 266 g/mol. The zero-order valence-electron chi connectivity index (χ0n) is 10.3. The largest absolute Gasteiger partial charge is 0.416 e. The summed E-state index contributed by atoms with van der Waals surface area (Å²) in [4.78, 5) is 4.18. The molecule has 2 N–H and O–H groups in total. The summed E-state index contributed by atoms with van der Waals surface area (Å²) in [5.41, 5.74) is 7.54. The van der Waals surface area contributed by atoms with Gasteiger partial charge in [0, 0.05) is 6.20 Å². The molecule has 1 aromatic heterocycles. The van der Waals surface area contributed by atoms with Crippen LogP contribution < -0.4 is 5.73 Å². The first-order valence-electron chi connectivity index (χ1n) is 5.74. The standard InChI is InChI=1S/C14H13F3N2/c1-9-3-2-8-19-13(9)12(18)10-4-6-11(7-5-10)14(15,16)17/h2-8,12H,18H2,1H3/t12-/m0/s1. The van der Waals surface area contributed by atoms with Crippen LogP contribution in [0.5, 0.6) is 0 Å². The lowest BCUT2D eigenvalue weighted by Crippen LogP contribution is -2.15. The SMILES string of the molecule is Cc1cccnc1[C@@H](N)c1ccc(C(F)(F)F)cc1. The van der Waals surface area contributed by atoms with Crippen LogP contribution in [0.3, 0.4) is 0 Å². The predicted octanol–water partition coefficient (Wildman–Crippen LogP) is 3.46. The molecule has 1 aromatic carbocycles. The van der Waals surface area contributed by atoms with E-state index in [-0.39, 0.29) is 0 Å². The summed E-state index contributed by atoms with van der Waals surface area (Å²) < 4.78 is 37.4. The van der Waals surface area contributed by atoms with Gasteiger partial charge in [-0.15, -0.1) is 0 Å². The number of pyridine rings is 1. The van der Waals surface area contributed by atoms with Crippen LogP contribution >= 0.6 is 0 Å². The zero-order valence-corrected chi connectivity index (χ0v) is 10.3. The molecular weight excluding hydrogens is 253 g/mol. The molecule has 0 radical (unpaired) electrons. The molecule has 0 aliphatic rings. The Hall–Kier alpha value is -1.88. The van der Waals surface area contributed by atoms with Crippen molar-refractivity contribution in [2.24, 2.45) is 5.73 Å². The number of rotatable bonds is 2. The van der Waals surface area contributed by atoms with Gasteiger partial charge in [0.2, 0.25) is 0 Å². The fourth-order valence-electron chi connectivity index (χ4n) is 1.86. The molecule has 0 fully saturated rings. The molecule has 2 nitrogen and oxygen atoms in total. The van der Waals surface area contributed by atoms with Crippen LogP contribution in [0.2, 0.25) is 0 Å². The number of alkyl halides is 3. The highest BCUT2D eigenvalue weighted by Crippen LogP contribution is 2.30. The van der Waals surface area contributed by atoms with Crippen molar-refractivity contribution in [1.29, 1.82) is 0 Å². The van der Waals surface area contributed by atoms with Crippen LogP contribution in [0, 0.1) is 6.92 Å². The number of hydrogen-bond donors (Lipinski definition) is 1. The lowest BCUT2D eigenvalue weighted by atomic mass is 9.99. The van der Waals surface area contributed by atoms with E-state index in [9.17, 15) is 13.2 Å². The molecule has 2 aromatic rings. The highest BCUT2D eigenvalue weighted by Gasteiger charge is 2.30. The summed E-state index contributed by atoms with van der Waals surface area (Å²) in [7, 11) is 0. The Balaban J connectivity index is 2.31. The van der Waals surface area contributed by atoms with E-state index in [1.54, 1.807) is 12.3 Å². The van der Waals surface area contributed by atoms with E-state index >= 15 is 0 Å². The Morgan fingerprint density at radius 1 is 1.11 bits per heavy atom. The summed E-state index contributed by atoms with van der Waals surface area (Å²) in [6, 6.07) is 7.98. The maximum absolute atomic E-state index is 12.5. The maximum atomic E-state index is 12.5. The minimum atomic E-state index is -4.33. The number of benzene rings is 1. The van der Waals surface area contributed by atoms with Crippen molar-refractivity contribution in [3.63, 3.8) is 0 Å². The topological polar surface area (TPSA) is 38.9 Å². The van der Waals surface area contributed by atoms with Gasteiger partial charge in [0.1, 0.15) is 0 Å². The van der Waals surface area contributed by atoms with Crippen molar-refractivity contribution in [3.8, 4) is 0 Å². The first kappa shape index (κ1) is 13.5. The molecule has 100 valence electrons. The van der Waals surface area contributed by atoms with Gasteiger partial charge in [-0.3, -0.25) is 4.98 Å². The number of nitrogens with two attached hydrogens (primary N) is 1. The lowest BCUT2D eigenvalue weighted by Gasteiger charge is -2.15. The summed E-state index contributed by atoms with van der Waals surface area (Å²) in [6.45, 7) is 1.87. The number of aryl methyl sites for hydroxylation is 1. The molecule has 5 heteroatoms. The van der Waals surface area contributed by atoms with E-state index in [1.165, 1.54) is 12.1 Å². The molecular formula is C14H13F3N2. The van der Waals surface area contributed by atoms with Crippen LogP contribution in [0.25, 0.3) is 0 Å².